The summed E-state index contributed by atoms with van der Waals surface area (Å²) in [5.74, 6) is 0. The molecule has 4 heteroatoms. The number of nitrogens with one attached hydrogen (secondary N) is 1. The third-order valence-electron chi connectivity index (χ3n) is 2.89. The molecule has 1 aromatic heterocycles. The predicted octanol–water partition coefficient (Wildman–Crippen LogP) is 0.596. The van der Waals surface area contributed by atoms with E-state index < -0.39 is 6.10 Å². The van der Waals surface area contributed by atoms with Crippen LogP contribution in [-0.2, 0) is 7.05 Å². The molecule has 1 saturated heterocycles. The molecule has 2 atom stereocenters. The van der Waals surface area contributed by atoms with E-state index in [0.717, 1.165) is 18.7 Å². The average molecular weight is 195 g/mol. The Hall–Kier alpha value is -0.870. The molecule has 2 heterocycles. The van der Waals surface area contributed by atoms with Gasteiger partial charge in [-0.3, -0.25) is 4.68 Å². The second kappa shape index (κ2) is 4.11. The highest BCUT2D eigenvalue weighted by Gasteiger charge is 2.24. The van der Waals surface area contributed by atoms with Crippen molar-refractivity contribution in [3.8, 4) is 0 Å². The Balaban J connectivity index is 2.07. The second-order valence-electron chi connectivity index (χ2n) is 3.88. The molecule has 1 aliphatic heterocycles. The number of nitrogens with zero attached hydrogens (tertiary/aromatic N) is 2. The summed E-state index contributed by atoms with van der Waals surface area (Å²) >= 11 is 0. The highest BCUT2D eigenvalue weighted by molar-refractivity contribution is 5.07. The number of rotatable bonds is 2. The molecule has 2 rings (SSSR count). The Morgan fingerprint density at radius 2 is 2.50 bits per heavy atom. The molecule has 0 saturated carbocycles. The molecule has 0 spiro atoms. The molecule has 0 bridgehead atoms. The van der Waals surface area contributed by atoms with Crippen LogP contribution >= 0.6 is 0 Å². The van der Waals surface area contributed by atoms with Crippen molar-refractivity contribution >= 4 is 0 Å². The summed E-state index contributed by atoms with van der Waals surface area (Å²) in [6, 6.07) is 2.07. The summed E-state index contributed by atoms with van der Waals surface area (Å²) in [5.41, 5.74) is 0.893. The van der Waals surface area contributed by atoms with Crippen LogP contribution in [0.25, 0.3) is 0 Å². The number of aliphatic hydroxyl groups is 1. The van der Waals surface area contributed by atoms with Crippen LogP contribution in [0.15, 0.2) is 12.3 Å². The molecule has 14 heavy (non-hydrogen) atoms. The van der Waals surface area contributed by atoms with Crippen LogP contribution in [0.2, 0.25) is 0 Å². The quantitative estimate of drug-likeness (QED) is 0.726. The minimum absolute atomic E-state index is 0.194. The maximum atomic E-state index is 10.1. The van der Waals surface area contributed by atoms with E-state index in [-0.39, 0.29) is 6.04 Å². The van der Waals surface area contributed by atoms with E-state index in [0.29, 0.717) is 0 Å². The highest BCUT2D eigenvalue weighted by Crippen LogP contribution is 2.21. The molecule has 0 amide bonds. The van der Waals surface area contributed by atoms with Gasteiger partial charge in [0, 0.05) is 19.3 Å². The van der Waals surface area contributed by atoms with Crippen molar-refractivity contribution in [1.29, 1.82) is 0 Å². The van der Waals surface area contributed by atoms with Crippen LogP contribution in [0.3, 0.4) is 0 Å². The first-order valence-electron chi connectivity index (χ1n) is 5.18. The van der Waals surface area contributed by atoms with Gasteiger partial charge in [0.05, 0.1) is 5.69 Å². The molecule has 2 N–H and O–H groups in total. The Morgan fingerprint density at radius 1 is 1.64 bits per heavy atom. The van der Waals surface area contributed by atoms with Gasteiger partial charge in [-0.15, -0.1) is 0 Å². The molecule has 1 fully saturated rings. The van der Waals surface area contributed by atoms with Crippen molar-refractivity contribution in [2.75, 3.05) is 6.54 Å². The van der Waals surface area contributed by atoms with Crippen molar-refractivity contribution in [3.05, 3.63) is 18.0 Å². The Bertz CT molecular complexity index is 291. The monoisotopic (exact) mass is 195 g/mol. The van der Waals surface area contributed by atoms with Gasteiger partial charge in [-0.05, 0) is 25.5 Å². The third kappa shape index (κ3) is 1.81. The molecule has 0 unspecified atom stereocenters. The standard InChI is InChI=1S/C10H17N3O/c1-13-9(5-7-12-13)10(14)8-4-2-3-6-11-8/h5,7-8,10-11,14H,2-4,6H2,1H3/t8-,10+/m0/s1. The van der Waals surface area contributed by atoms with Gasteiger partial charge in [0.2, 0.25) is 0 Å². The number of aryl methyl sites for hydroxylation is 1. The number of hydrogen-bond donors (Lipinski definition) is 2. The molecule has 0 radical (unpaired) electrons. The van der Waals surface area contributed by atoms with E-state index in [2.05, 4.69) is 10.4 Å². The first-order valence-corrected chi connectivity index (χ1v) is 5.18. The predicted molar refractivity (Wildman–Crippen MR) is 53.8 cm³/mol. The van der Waals surface area contributed by atoms with E-state index in [4.69, 9.17) is 0 Å². The molecular weight excluding hydrogens is 178 g/mol. The number of piperidine rings is 1. The maximum absolute atomic E-state index is 10.1. The molecule has 1 aliphatic rings. The number of aliphatic hydroxyl groups excluding tert-OH is 1. The minimum atomic E-state index is -0.428. The van der Waals surface area contributed by atoms with E-state index in [9.17, 15) is 5.11 Å². The lowest BCUT2D eigenvalue weighted by Crippen LogP contribution is -2.39. The fourth-order valence-corrected chi connectivity index (χ4v) is 2.03. The summed E-state index contributed by atoms with van der Waals surface area (Å²) in [6.45, 7) is 1.01. The molecule has 78 valence electrons. The lowest BCUT2D eigenvalue weighted by atomic mass is 9.98. The zero-order valence-corrected chi connectivity index (χ0v) is 8.48. The highest BCUT2D eigenvalue weighted by atomic mass is 16.3. The van der Waals surface area contributed by atoms with Crippen LogP contribution in [0, 0.1) is 0 Å². The summed E-state index contributed by atoms with van der Waals surface area (Å²) in [4.78, 5) is 0. The normalized spacial score (nSPS) is 24.9. The van der Waals surface area contributed by atoms with Crippen LogP contribution in [-0.4, -0.2) is 27.5 Å². The largest absolute Gasteiger partial charge is 0.385 e. The van der Waals surface area contributed by atoms with Gasteiger partial charge in [-0.1, -0.05) is 6.42 Å². The van der Waals surface area contributed by atoms with E-state index in [1.165, 1.54) is 12.8 Å². The second-order valence-corrected chi connectivity index (χ2v) is 3.88. The van der Waals surface area contributed by atoms with Gasteiger partial charge in [0.1, 0.15) is 6.10 Å². The smallest absolute Gasteiger partial charge is 0.111 e. The minimum Gasteiger partial charge on any atom is -0.385 e. The summed E-state index contributed by atoms with van der Waals surface area (Å²) < 4.78 is 1.74. The van der Waals surface area contributed by atoms with Gasteiger partial charge in [-0.2, -0.15) is 5.10 Å². The Labute approximate surface area is 83.9 Å². The Kier molecular flexibility index (Phi) is 2.84. The molecule has 4 nitrogen and oxygen atoms in total. The van der Waals surface area contributed by atoms with Crippen molar-refractivity contribution in [1.82, 2.24) is 15.1 Å². The van der Waals surface area contributed by atoms with Crippen LogP contribution in [0.5, 0.6) is 0 Å². The topological polar surface area (TPSA) is 50.1 Å². The van der Waals surface area contributed by atoms with Gasteiger partial charge in [0.15, 0.2) is 0 Å². The van der Waals surface area contributed by atoms with Gasteiger partial charge < -0.3 is 10.4 Å². The fourth-order valence-electron chi connectivity index (χ4n) is 2.03. The van der Waals surface area contributed by atoms with E-state index >= 15 is 0 Å². The summed E-state index contributed by atoms with van der Waals surface area (Å²) in [5, 5.41) is 17.5. The van der Waals surface area contributed by atoms with Crippen LogP contribution in [0.1, 0.15) is 31.1 Å². The lowest BCUT2D eigenvalue weighted by Gasteiger charge is -2.27. The van der Waals surface area contributed by atoms with Crippen molar-refractivity contribution in [2.24, 2.45) is 7.05 Å². The SMILES string of the molecule is Cn1nccc1[C@H](O)[C@@H]1CCCCN1. The molecular formula is C10H17N3O. The molecule has 0 aliphatic carbocycles. The third-order valence-corrected chi connectivity index (χ3v) is 2.89. The first-order chi connectivity index (χ1) is 6.79. The van der Waals surface area contributed by atoms with Crippen LogP contribution < -0.4 is 5.32 Å². The molecule has 1 aromatic rings. The van der Waals surface area contributed by atoms with Gasteiger partial charge in [-0.25, -0.2) is 0 Å². The van der Waals surface area contributed by atoms with Gasteiger partial charge >= 0.3 is 0 Å². The van der Waals surface area contributed by atoms with Crippen molar-refractivity contribution in [3.63, 3.8) is 0 Å². The fraction of sp³-hybridized carbons (Fsp3) is 0.700. The average Bonchev–Trinajstić information content (AvgIpc) is 2.65. The Morgan fingerprint density at radius 3 is 3.07 bits per heavy atom. The summed E-state index contributed by atoms with van der Waals surface area (Å²) in [6.07, 6.45) is 4.76. The molecule has 0 aromatic carbocycles. The van der Waals surface area contributed by atoms with E-state index in [1.54, 1.807) is 10.9 Å². The van der Waals surface area contributed by atoms with E-state index in [1.807, 2.05) is 13.1 Å². The van der Waals surface area contributed by atoms with Crippen molar-refractivity contribution in [2.45, 2.75) is 31.4 Å². The van der Waals surface area contributed by atoms with Crippen LogP contribution in [0.4, 0.5) is 0 Å². The zero-order chi connectivity index (χ0) is 9.97. The first kappa shape index (κ1) is 9.68. The number of hydrogen-bond acceptors (Lipinski definition) is 3. The van der Waals surface area contributed by atoms with Crippen molar-refractivity contribution < 1.29 is 5.11 Å². The van der Waals surface area contributed by atoms with Gasteiger partial charge in [0.25, 0.3) is 0 Å². The lowest BCUT2D eigenvalue weighted by molar-refractivity contribution is 0.106. The summed E-state index contributed by atoms with van der Waals surface area (Å²) in [7, 11) is 1.86. The number of aromatic nitrogens is 2. The zero-order valence-electron chi connectivity index (χ0n) is 8.48. The maximum Gasteiger partial charge on any atom is 0.111 e.